The molecule has 0 aliphatic carbocycles. The van der Waals surface area contributed by atoms with E-state index < -0.39 is 30.3 Å². The van der Waals surface area contributed by atoms with E-state index >= 15 is 0 Å². The highest BCUT2D eigenvalue weighted by atomic mass is 16.5. The van der Waals surface area contributed by atoms with Crippen LogP contribution in [0.4, 0.5) is 5.69 Å². The number of rotatable bonds is 7. The molecule has 0 bridgehead atoms. The lowest BCUT2D eigenvalue weighted by Gasteiger charge is -2.16. The molecule has 2 N–H and O–H groups in total. The predicted molar refractivity (Wildman–Crippen MR) is 131 cm³/mol. The maximum absolute atomic E-state index is 12.8. The lowest BCUT2D eigenvalue weighted by Crippen LogP contribution is -2.28. The van der Waals surface area contributed by atoms with E-state index in [1.165, 1.54) is 25.2 Å². The summed E-state index contributed by atoms with van der Waals surface area (Å²) in [6, 6.07) is 19.7. The number of nitrogens with zero attached hydrogens (tertiary/aromatic N) is 1. The van der Waals surface area contributed by atoms with Gasteiger partial charge in [0.05, 0.1) is 34.0 Å². The monoisotopic (exact) mass is 485 g/mol. The number of nitrogens with one attached hydrogen (secondary N) is 2. The summed E-state index contributed by atoms with van der Waals surface area (Å²) in [6.07, 6.45) is 0. The van der Waals surface area contributed by atoms with Gasteiger partial charge in [0.25, 0.3) is 23.6 Å². The minimum absolute atomic E-state index is 0.0349. The highest BCUT2D eigenvalue weighted by Crippen LogP contribution is 2.23. The maximum atomic E-state index is 12.8. The van der Waals surface area contributed by atoms with Crippen LogP contribution in [0.25, 0.3) is 0 Å². The molecule has 0 spiro atoms. The van der Waals surface area contributed by atoms with Gasteiger partial charge in [-0.1, -0.05) is 42.5 Å². The van der Waals surface area contributed by atoms with Crippen LogP contribution in [0.15, 0.2) is 72.8 Å². The second kappa shape index (κ2) is 10.2. The molecule has 182 valence electrons. The standard InChI is InChI=1S/C27H23N3O6/c1-16(17-8-4-3-5-9-17)28-24(32)20-10-6-7-11-22(20)29-23(31)15-36-27(35)18-12-13-19-21(14-18)26(34)30(2)25(19)33/h3-14,16H,15H2,1-2H3,(H,28,32)(H,29,31). The van der Waals surface area contributed by atoms with Gasteiger partial charge in [0.15, 0.2) is 6.61 Å². The molecule has 3 aromatic rings. The van der Waals surface area contributed by atoms with E-state index in [1.54, 1.807) is 24.3 Å². The van der Waals surface area contributed by atoms with E-state index in [9.17, 15) is 24.0 Å². The van der Waals surface area contributed by atoms with Crippen LogP contribution >= 0.6 is 0 Å². The molecule has 0 aromatic heterocycles. The Morgan fingerprint density at radius 1 is 0.889 bits per heavy atom. The summed E-state index contributed by atoms with van der Waals surface area (Å²) in [7, 11) is 1.35. The second-order valence-electron chi connectivity index (χ2n) is 8.21. The van der Waals surface area contributed by atoms with Crippen LogP contribution in [0.5, 0.6) is 0 Å². The van der Waals surface area contributed by atoms with Gasteiger partial charge in [-0.25, -0.2) is 4.79 Å². The maximum Gasteiger partial charge on any atom is 0.338 e. The lowest BCUT2D eigenvalue weighted by atomic mass is 10.1. The van der Waals surface area contributed by atoms with E-state index in [0.29, 0.717) is 0 Å². The Morgan fingerprint density at radius 2 is 1.56 bits per heavy atom. The van der Waals surface area contributed by atoms with E-state index in [0.717, 1.165) is 10.5 Å². The molecule has 36 heavy (non-hydrogen) atoms. The number of ether oxygens (including phenoxy) is 1. The van der Waals surface area contributed by atoms with Crippen molar-refractivity contribution in [1.29, 1.82) is 0 Å². The zero-order chi connectivity index (χ0) is 25.8. The lowest BCUT2D eigenvalue weighted by molar-refractivity contribution is -0.119. The normalized spacial score (nSPS) is 13.1. The Bertz CT molecular complexity index is 1370. The summed E-state index contributed by atoms with van der Waals surface area (Å²) in [5.74, 6) is -2.81. The van der Waals surface area contributed by atoms with Gasteiger partial charge < -0.3 is 15.4 Å². The highest BCUT2D eigenvalue weighted by Gasteiger charge is 2.33. The van der Waals surface area contributed by atoms with Gasteiger partial charge in [-0.2, -0.15) is 0 Å². The molecule has 0 fully saturated rings. The Labute approximate surface area is 207 Å². The number of imide groups is 1. The van der Waals surface area contributed by atoms with Gasteiger partial charge in [0.2, 0.25) is 0 Å². The molecule has 1 aliphatic heterocycles. The molecule has 3 aromatic carbocycles. The van der Waals surface area contributed by atoms with Crippen LogP contribution in [-0.2, 0) is 9.53 Å². The van der Waals surface area contributed by atoms with Crippen molar-refractivity contribution in [2.75, 3.05) is 19.0 Å². The fraction of sp³-hybridized carbons (Fsp3) is 0.148. The van der Waals surface area contributed by atoms with Crippen molar-refractivity contribution >= 4 is 35.3 Å². The first kappa shape index (κ1) is 24.3. The van der Waals surface area contributed by atoms with Crippen molar-refractivity contribution in [3.63, 3.8) is 0 Å². The first-order valence-corrected chi connectivity index (χ1v) is 11.1. The quantitative estimate of drug-likeness (QED) is 0.392. The summed E-state index contributed by atoms with van der Waals surface area (Å²) >= 11 is 0. The zero-order valence-corrected chi connectivity index (χ0v) is 19.6. The summed E-state index contributed by atoms with van der Waals surface area (Å²) in [5.41, 5.74) is 1.79. The number of hydrogen-bond donors (Lipinski definition) is 2. The summed E-state index contributed by atoms with van der Waals surface area (Å²) < 4.78 is 5.07. The van der Waals surface area contributed by atoms with Gasteiger partial charge >= 0.3 is 5.97 Å². The largest absolute Gasteiger partial charge is 0.452 e. The molecule has 1 unspecified atom stereocenters. The van der Waals surface area contributed by atoms with Crippen molar-refractivity contribution in [2.24, 2.45) is 0 Å². The van der Waals surface area contributed by atoms with Crippen LogP contribution in [0.2, 0.25) is 0 Å². The average molecular weight is 485 g/mol. The minimum Gasteiger partial charge on any atom is -0.452 e. The molecule has 4 amide bonds. The van der Waals surface area contributed by atoms with Crippen molar-refractivity contribution in [3.8, 4) is 0 Å². The van der Waals surface area contributed by atoms with Gasteiger partial charge in [0.1, 0.15) is 0 Å². The number of amides is 4. The molecule has 1 aliphatic rings. The summed E-state index contributed by atoms with van der Waals surface area (Å²) in [6.45, 7) is 1.24. The minimum atomic E-state index is -0.828. The van der Waals surface area contributed by atoms with E-state index in [2.05, 4.69) is 10.6 Å². The summed E-state index contributed by atoms with van der Waals surface area (Å²) in [5, 5.41) is 5.49. The first-order valence-electron chi connectivity index (χ1n) is 11.1. The molecule has 4 rings (SSSR count). The SMILES string of the molecule is CC(NC(=O)c1ccccc1NC(=O)COC(=O)c1ccc2c(c1)C(=O)N(C)C2=O)c1ccccc1. The van der Waals surface area contributed by atoms with Gasteiger partial charge in [-0.15, -0.1) is 0 Å². The number of hydrogen-bond acceptors (Lipinski definition) is 6. The van der Waals surface area contributed by atoms with Crippen LogP contribution in [0.1, 0.15) is 60.0 Å². The van der Waals surface area contributed by atoms with E-state index in [4.69, 9.17) is 4.74 Å². The third-order valence-electron chi connectivity index (χ3n) is 5.75. The Balaban J connectivity index is 1.37. The first-order chi connectivity index (χ1) is 17.3. The molecule has 0 saturated heterocycles. The van der Waals surface area contributed by atoms with Gasteiger partial charge in [-0.3, -0.25) is 24.1 Å². The molecule has 0 radical (unpaired) electrons. The third kappa shape index (κ3) is 5.00. The number of fused-ring (bicyclic) bond motifs is 1. The number of anilines is 1. The van der Waals surface area contributed by atoms with Crippen LogP contribution in [0.3, 0.4) is 0 Å². The van der Waals surface area contributed by atoms with Crippen molar-refractivity contribution in [2.45, 2.75) is 13.0 Å². The molecule has 9 heteroatoms. The average Bonchev–Trinajstić information content (AvgIpc) is 3.11. The van der Waals surface area contributed by atoms with Gasteiger partial charge in [0, 0.05) is 7.05 Å². The number of para-hydroxylation sites is 1. The molecule has 0 saturated carbocycles. The highest BCUT2D eigenvalue weighted by molar-refractivity contribution is 6.21. The number of esters is 1. The van der Waals surface area contributed by atoms with Crippen LogP contribution in [0, 0.1) is 0 Å². The molecule has 1 heterocycles. The predicted octanol–water partition coefficient (Wildman–Crippen LogP) is 3.20. The second-order valence-corrected chi connectivity index (χ2v) is 8.21. The number of benzene rings is 3. The number of carbonyl (C=O) groups is 5. The topological polar surface area (TPSA) is 122 Å². The smallest absolute Gasteiger partial charge is 0.338 e. The number of carbonyl (C=O) groups excluding carboxylic acids is 5. The van der Waals surface area contributed by atoms with Crippen molar-refractivity contribution < 1.29 is 28.7 Å². The molecule has 9 nitrogen and oxygen atoms in total. The third-order valence-corrected chi connectivity index (χ3v) is 5.75. The zero-order valence-electron chi connectivity index (χ0n) is 19.6. The van der Waals surface area contributed by atoms with E-state index in [-0.39, 0.29) is 39.9 Å². The van der Waals surface area contributed by atoms with Crippen LogP contribution < -0.4 is 10.6 Å². The van der Waals surface area contributed by atoms with Crippen molar-refractivity contribution in [1.82, 2.24) is 10.2 Å². The Kier molecular flexibility index (Phi) is 6.91. The van der Waals surface area contributed by atoms with Crippen molar-refractivity contribution in [3.05, 3.63) is 101 Å². The van der Waals surface area contributed by atoms with E-state index in [1.807, 2.05) is 37.3 Å². The van der Waals surface area contributed by atoms with Crippen LogP contribution in [-0.4, -0.2) is 48.2 Å². The molecular formula is C27H23N3O6. The Morgan fingerprint density at radius 3 is 2.31 bits per heavy atom. The summed E-state index contributed by atoms with van der Waals surface area (Å²) in [4.78, 5) is 62.8. The molecule has 1 atom stereocenters. The Hall–Kier alpha value is -4.79. The fourth-order valence-electron chi connectivity index (χ4n) is 3.78. The molecular weight excluding hydrogens is 462 g/mol. The fourth-order valence-corrected chi connectivity index (χ4v) is 3.78. The van der Waals surface area contributed by atoms with Gasteiger partial charge in [-0.05, 0) is 42.8 Å².